The summed E-state index contributed by atoms with van der Waals surface area (Å²) in [5.74, 6) is -1.83. The van der Waals surface area contributed by atoms with Crippen LogP contribution in [0.25, 0.3) is 5.69 Å². The van der Waals surface area contributed by atoms with Crippen molar-refractivity contribution in [2.45, 2.75) is 19.5 Å². The lowest BCUT2D eigenvalue weighted by atomic mass is 10.2. The highest BCUT2D eigenvalue weighted by atomic mass is 32.2. The summed E-state index contributed by atoms with van der Waals surface area (Å²) in [6.07, 6.45) is -4.76. The smallest absolute Gasteiger partial charge is 0.351 e. The van der Waals surface area contributed by atoms with Crippen molar-refractivity contribution in [3.8, 4) is 5.69 Å². The van der Waals surface area contributed by atoms with Crippen LogP contribution in [0.4, 0.5) is 17.6 Å². The summed E-state index contributed by atoms with van der Waals surface area (Å²) in [5, 5.41) is 8.98. The Balaban J connectivity index is 2.13. The van der Waals surface area contributed by atoms with Gasteiger partial charge in [-0.05, 0) is 37.6 Å². The molecule has 1 aromatic carbocycles. The van der Waals surface area contributed by atoms with E-state index in [9.17, 15) is 30.8 Å². The Morgan fingerprint density at radius 2 is 1.86 bits per heavy atom. The van der Waals surface area contributed by atoms with Crippen LogP contribution in [0.2, 0.25) is 0 Å². The molecule has 0 aliphatic heterocycles. The number of sulfonamides is 1. The van der Waals surface area contributed by atoms with Gasteiger partial charge in [-0.1, -0.05) is 5.21 Å². The Morgan fingerprint density at radius 3 is 2.41 bits per heavy atom. The molecule has 0 atom stereocenters. The van der Waals surface area contributed by atoms with Gasteiger partial charge in [-0.15, -0.1) is 5.10 Å². The molecule has 1 amide bonds. The minimum Gasteiger partial charge on any atom is -0.351 e. The molecule has 0 bridgehead atoms. The van der Waals surface area contributed by atoms with E-state index >= 15 is 0 Å². The fourth-order valence-electron chi connectivity index (χ4n) is 2.40. The molecule has 0 aliphatic carbocycles. The first-order valence-corrected chi connectivity index (χ1v) is 10.1. The second-order valence-electron chi connectivity index (χ2n) is 6.00. The molecule has 1 aromatic heterocycles. The molecular weight excluding hydrogens is 418 g/mol. The molecule has 29 heavy (non-hydrogen) atoms. The van der Waals surface area contributed by atoms with Gasteiger partial charge in [0.25, 0.3) is 5.91 Å². The molecule has 1 heterocycles. The quantitative estimate of drug-likeness (QED) is 0.502. The van der Waals surface area contributed by atoms with Crippen molar-refractivity contribution in [3.63, 3.8) is 0 Å². The minimum atomic E-state index is -4.94. The zero-order chi connectivity index (χ0) is 21.8. The van der Waals surface area contributed by atoms with Crippen molar-refractivity contribution in [3.05, 3.63) is 41.5 Å². The number of benzene rings is 1. The highest BCUT2D eigenvalue weighted by Gasteiger charge is 2.42. The van der Waals surface area contributed by atoms with E-state index in [1.165, 1.54) is 14.0 Å². The molecule has 0 saturated heterocycles. The number of aromatic nitrogens is 3. The van der Waals surface area contributed by atoms with Crippen molar-refractivity contribution in [1.82, 2.24) is 24.6 Å². The molecule has 0 aliphatic rings. The first-order chi connectivity index (χ1) is 13.5. The van der Waals surface area contributed by atoms with Crippen LogP contribution in [0.1, 0.15) is 29.5 Å². The van der Waals surface area contributed by atoms with E-state index in [1.54, 1.807) is 0 Å². The molecule has 0 fully saturated rings. The van der Waals surface area contributed by atoms with Gasteiger partial charge in [0.1, 0.15) is 5.82 Å². The van der Waals surface area contributed by atoms with Gasteiger partial charge in [-0.2, -0.15) is 13.2 Å². The van der Waals surface area contributed by atoms with Crippen LogP contribution in [0, 0.1) is 5.82 Å². The third-order valence-corrected chi connectivity index (χ3v) is 5.86. The molecule has 160 valence electrons. The molecule has 2 rings (SSSR count). The lowest BCUT2D eigenvalue weighted by Gasteiger charge is -2.15. The molecule has 8 nitrogen and oxygen atoms in total. The molecule has 1 N–H and O–H groups in total. The fourth-order valence-corrected chi connectivity index (χ4v) is 3.25. The number of alkyl halides is 3. The van der Waals surface area contributed by atoms with Gasteiger partial charge in [-0.25, -0.2) is 21.8 Å². The largest absolute Gasteiger partial charge is 0.435 e. The standard InChI is InChI=1S/C16H19F4N5O3S/c1-3-29(27,28)24(2)10-4-9-21-15(26)13-14(16(18,19)20)25(23-22-13)12-7-5-11(17)6-8-12/h5-8H,3-4,9-10H2,1-2H3,(H,21,26). The summed E-state index contributed by atoms with van der Waals surface area (Å²) in [4.78, 5) is 12.2. The van der Waals surface area contributed by atoms with E-state index < -0.39 is 39.3 Å². The number of halogens is 4. The maximum atomic E-state index is 13.5. The number of hydrogen-bond acceptors (Lipinski definition) is 5. The van der Waals surface area contributed by atoms with E-state index in [2.05, 4.69) is 15.6 Å². The number of rotatable bonds is 8. The predicted molar refractivity (Wildman–Crippen MR) is 95.4 cm³/mol. The average Bonchev–Trinajstić information content (AvgIpc) is 3.11. The Labute approximate surface area is 164 Å². The van der Waals surface area contributed by atoms with E-state index in [0.717, 1.165) is 28.6 Å². The normalized spacial score (nSPS) is 12.4. The Kier molecular flexibility index (Phi) is 6.95. The molecular formula is C16H19F4N5O3S. The maximum Gasteiger partial charge on any atom is 0.435 e. The Bertz CT molecular complexity index is 958. The zero-order valence-corrected chi connectivity index (χ0v) is 16.4. The van der Waals surface area contributed by atoms with E-state index in [0.29, 0.717) is 4.68 Å². The number of nitrogens with zero attached hydrogens (tertiary/aromatic N) is 4. The highest BCUT2D eigenvalue weighted by Crippen LogP contribution is 2.32. The monoisotopic (exact) mass is 437 g/mol. The number of amides is 1. The van der Waals surface area contributed by atoms with Crippen molar-refractivity contribution < 1.29 is 30.8 Å². The van der Waals surface area contributed by atoms with Gasteiger partial charge in [0, 0.05) is 20.1 Å². The first kappa shape index (κ1) is 22.7. The maximum absolute atomic E-state index is 13.5. The van der Waals surface area contributed by atoms with Crippen LogP contribution in [0.15, 0.2) is 24.3 Å². The summed E-state index contributed by atoms with van der Waals surface area (Å²) in [7, 11) is -2.02. The Hall–Kier alpha value is -2.54. The molecule has 0 spiro atoms. The van der Waals surface area contributed by atoms with E-state index in [-0.39, 0.29) is 31.0 Å². The summed E-state index contributed by atoms with van der Waals surface area (Å²) >= 11 is 0. The van der Waals surface area contributed by atoms with Crippen LogP contribution < -0.4 is 5.32 Å². The van der Waals surface area contributed by atoms with Crippen molar-refractivity contribution in [1.29, 1.82) is 0 Å². The first-order valence-electron chi connectivity index (χ1n) is 8.48. The van der Waals surface area contributed by atoms with Crippen LogP contribution in [-0.2, 0) is 16.2 Å². The van der Waals surface area contributed by atoms with Crippen molar-refractivity contribution >= 4 is 15.9 Å². The van der Waals surface area contributed by atoms with Crippen LogP contribution in [0.3, 0.4) is 0 Å². The minimum absolute atomic E-state index is 0.0664. The molecule has 13 heteroatoms. The van der Waals surface area contributed by atoms with Crippen LogP contribution in [-0.4, -0.2) is 59.5 Å². The molecule has 0 saturated carbocycles. The molecule has 0 unspecified atom stereocenters. The lowest BCUT2D eigenvalue weighted by molar-refractivity contribution is -0.143. The van der Waals surface area contributed by atoms with Gasteiger partial charge in [0.15, 0.2) is 11.4 Å². The third kappa shape index (κ3) is 5.50. The number of nitrogens with one attached hydrogen (secondary N) is 1. The zero-order valence-electron chi connectivity index (χ0n) is 15.6. The van der Waals surface area contributed by atoms with Gasteiger partial charge >= 0.3 is 6.18 Å². The van der Waals surface area contributed by atoms with E-state index in [1.807, 2.05) is 0 Å². The van der Waals surface area contributed by atoms with Crippen LogP contribution >= 0.6 is 0 Å². The van der Waals surface area contributed by atoms with Gasteiger partial charge in [0.05, 0.1) is 11.4 Å². The third-order valence-electron chi connectivity index (χ3n) is 4.00. The van der Waals surface area contributed by atoms with Gasteiger partial charge in [-0.3, -0.25) is 4.79 Å². The molecule has 2 aromatic rings. The summed E-state index contributed by atoms with van der Waals surface area (Å²) < 4.78 is 78.3. The van der Waals surface area contributed by atoms with Crippen molar-refractivity contribution in [2.24, 2.45) is 0 Å². The highest BCUT2D eigenvalue weighted by molar-refractivity contribution is 7.89. The number of carbonyl (C=O) groups excluding carboxylic acids is 1. The predicted octanol–water partition coefficient (Wildman–Crippen LogP) is 1.83. The summed E-state index contributed by atoms with van der Waals surface area (Å²) in [6, 6.07) is 4.06. The SMILES string of the molecule is CCS(=O)(=O)N(C)CCCNC(=O)c1nnn(-c2ccc(F)cc2)c1C(F)(F)F. The number of carbonyl (C=O) groups is 1. The summed E-state index contributed by atoms with van der Waals surface area (Å²) in [6.45, 7) is 1.50. The average molecular weight is 437 g/mol. The summed E-state index contributed by atoms with van der Waals surface area (Å²) in [5.41, 5.74) is -2.44. The molecule has 0 radical (unpaired) electrons. The van der Waals surface area contributed by atoms with Gasteiger partial charge in [0.2, 0.25) is 10.0 Å². The topological polar surface area (TPSA) is 97.2 Å². The lowest BCUT2D eigenvalue weighted by Crippen LogP contribution is -2.33. The second kappa shape index (κ2) is 8.86. The van der Waals surface area contributed by atoms with Crippen molar-refractivity contribution in [2.75, 3.05) is 25.9 Å². The fraction of sp³-hybridized carbons (Fsp3) is 0.438. The van der Waals surface area contributed by atoms with Crippen LogP contribution in [0.5, 0.6) is 0 Å². The van der Waals surface area contributed by atoms with E-state index in [4.69, 9.17) is 0 Å². The second-order valence-corrected chi connectivity index (χ2v) is 8.37. The Morgan fingerprint density at radius 1 is 1.24 bits per heavy atom. The number of hydrogen-bond donors (Lipinski definition) is 1. The van der Waals surface area contributed by atoms with Gasteiger partial charge < -0.3 is 5.32 Å².